The molecule has 2 aromatic carbocycles. The van der Waals surface area contributed by atoms with E-state index in [9.17, 15) is 15.2 Å². The van der Waals surface area contributed by atoms with Gasteiger partial charge in [0, 0.05) is 42.4 Å². The van der Waals surface area contributed by atoms with Gasteiger partial charge in [0.2, 0.25) is 0 Å². The zero-order valence-corrected chi connectivity index (χ0v) is 30.0. The average molecular weight is 677 g/mol. The largest absolute Gasteiger partial charge is 0.490 e. The standard InChI is InChI=1S/C41H48N4O5/c1-9-12-28(4)49-35-16-15-29(25-42)22-32(35)30-13-11-14-31(23-30)33-24-34-37(44-19-17-41(8,18-20-44)48-21-10-2)36(27(3)26-45(34)43-33)38(39(46)47)50-40(5,6)7/h9-11,13-16,22-24,26,28,38H,1-2,12,17-21H2,3-8H3,(H,46,47). The van der Waals surface area contributed by atoms with E-state index in [-0.39, 0.29) is 11.7 Å². The minimum Gasteiger partial charge on any atom is -0.490 e. The number of aromatic nitrogens is 2. The number of piperidine rings is 1. The molecule has 2 aromatic heterocycles. The minimum absolute atomic E-state index is 0.0882. The Morgan fingerprint density at radius 2 is 1.84 bits per heavy atom. The Morgan fingerprint density at radius 1 is 1.12 bits per heavy atom. The van der Waals surface area contributed by atoms with Gasteiger partial charge < -0.3 is 24.2 Å². The van der Waals surface area contributed by atoms with Crippen LogP contribution < -0.4 is 9.64 Å². The quantitative estimate of drug-likeness (QED) is 0.140. The Labute approximate surface area is 295 Å². The van der Waals surface area contributed by atoms with Gasteiger partial charge in [-0.15, -0.1) is 13.2 Å². The summed E-state index contributed by atoms with van der Waals surface area (Å²) in [6.45, 7) is 21.1. The number of pyridine rings is 1. The fourth-order valence-corrected chi connectivity index (χ4v) is 6.52. The van der Waals surface area contributed by atoms with Crippen LogP contribution in [0.2, 0.25) is 0 Å². The van der Waals surface area contributed by atoms with Crippen LogP contribution in [0.4, 0.5) is 5.69 Å². The number of hydrogen-bond donors (Lipinski definition) is 1. The van der Waals surface area contributed by atoms with Crippen molar-refractivity contribution in [2.45, 2.75) is 84.2 Å². The molecule has 0 amide bonds. The predicted molar refractivity (Wildman–Crippen MR) is 198 cm³/mol. The molecule has 1 saturated heterocycles. The first-order valence-electron chi connectivity index (χ1n) is 17.1. The number of fused-ring (bicyclic) bond motifs is 1. The number of aliphatic carboxylic acids is 1. The summed E-state index contributed by atoms with van der Waals surface area (Å²) in [6.07, 6.45) is 6.41. The molecule has 2 unspecified atom stereocenters. The van der Waals surface area contributed by atoms with Crippen molar-refractivity contribution in [2.75, 3.05) is 24.6 Å². The Hall–Kier alpha value is -4.91. The first-order valence-corrected chi connectivity index (χ1v) is 17.1. The second-order valence-electron chi connectivity index (χ2n) is 14.3. The van der Waals surface area contributed by atoms with E-state index >= 15 is 0 Å². The lowest BCUT2D eigenvalue weighted by Gasteiger charge is -2.41. The Morgan fingerprint density at radius 3 is 2.48 bits per heavy atom. The van der Waals surface area contributed by atoms with Crippen molar-refractivity contribution in [2.24, 2.45) is 0 Å². The summed E-state index contributed by atoms with van der Waals surface area (Å²) in [4.78, 5) is 15.1. The number of anilines is 1. The molecule has 1 N–H and O–H groups in total. The molecule has 50 heavy (non-hydrogen) atoms. The van der Waals surface area contributed by atoms with Crippen LogP contribution >= 0.6 is 0 Å². The highest BCUT2D eigenvalue weighted by atomic mass is 16.5. The lowest BCUT2D eigenvalue weighted by molar-refractivity contribution is -0.160. The van der Waals surface area contributed by atoms with Crippen LogP contribution in [0.1, 0.15) is 76.7 Å². The number of aryl methyl sites for hydroxylation is 1. The molecule has 0 aliphatic carbocycles. The van der Waals surface area contributed by atoms with Gasteiger partial charge in [-0.05, 0) is 95.8 Å². The maximum Gasteiger partial charge on any atom is 0.337 e. The summed E-state index contributed by atoms with van der Waals surface area (Å²) >= 11 is 0. The molecular formula is C41H48N4O5. The van der Waals surface area contributed by atoms with Gasteiger partial charge in [0.1, 0.15) is 5.75 Å². The number of hydrogen-bond acceptors (Lipinski definition) is 7. The van der Waals surface area contributed by atoms with Gasteiger partial charge in [-0.3, -0.25) is 0 Å². The number of nitrogens with zero attached hydrogens (tertiary/aromatic N) is 4. The summed E-state index contributed by atoms with van der Waals surface area (Å²) in [7, 11) is 0. The monoisotopic (exact) mass is 676 g/mol. The molecular weight excluding hydrogens is 628 g/mol. The first kappa shape index (κ1) is 36.4. The van der Waals surface area contributed by atoms with E-state index in [1.807, 2.05) is 93.9 Å². The summed E-state index contributed by atoms with van der Waals surface area (Å²) in [5.74, 6) is -0.363. The van der Waals surface area contributed by atoms with Crippen LogP contribution in [-0.2, 0) is 14.3 Å². The van der Waals surface area contributed by atoms with E-state index in [4.69, 9.17) is 19.3 Å². The van der Waals surface area contributed by atoms with Gasteiger partial charge >= 0.3 is 5.97 Å². The number of ether oxygens (including phenoxy) is 3. The van der Waals surface area contributed by atoms with Gasteiger partial charge in [0.05, 0.1) is 52.4 Å². The summed E-state index contributed by atoms with van der Waals surface area (Å²) in [5.41, 5.74) is 5.81. The van der Waals surface area contributed by atoms with E-state index < -0.39 is 17.7 Å². The highest BCUT2D eigenvalue weighted by molar-refractivity contribution is 5.87. The van der Waals surface area contributed by atoms with Crippen molar-refractivity contribution in [3.63, 3.8) is 0 Å². The highest BCUT2D eigenvalue weighted by Gasteiger charge is 2.37. The van der Waals surface area contributed by atoms with Gasteiger partial charge in [-0.25, -0.2) is 9.31 Å². The van der Waals surface area contributed by atoms with E-state index in [2.05, 4.69) is 31.1 Å². The van der Waals surface area contributed by atoms with Crippen molar-refractivity contribution in [1.82, 2.24) is 9.61 Å². The zero-order chi connectivity index (χ0) is 36.2. The average Bonchev–Trinajstić information content (AvgIpc) is 3.50. The maximum atomic E-state index is 12.9. The Kier molecular flexibility index (Phi) is 10.8. The molecule has 5 rings (SSSR count). The van der Waals surface area contributed by atoms with Crippen molar-refractivity contribution in [3.05, 3.63) is 96.7 Å². The number of nitriles is 1. The Bertz CT molecular complexity index is 1920. The van der Waals surface area contributed by atoms with Crippen LogP contribution in [0.15, 0.2) is 80.0 Å². The molecule has 4 aromatic rings. The molecule has 2 atom stereocenters. The fourth-order valence-electron chi connectivity index (χ4n) is 6.52. The minimum atomic E-state index is -1.18. The predicted octanol–water partition coefficient (Wildman–Crippen LogP) is 8.69. The van der Waals surface area contributed by atoms with Crippen LogP contribution in [-0.4, -0.2) is 57.7 Å². The number of benzene rings is 2. The van der Waals surface area contributed by atoms with Crippen molar-refractivity contribution in [3.8, 4) is 34.2 Å². The van der Waals surface area contributed by atoms with Crippen LogP contribution in [0.25, 0.3) is 27.9 Å². The molecule has 9 heteroatoms. The number of carbonyl (C=O) groups is 1. The van der Waals surface area contributed by atoms with E-state index in [0.717, 1.165) is 52.0 Å². The lowest BCUT2D eigenvalue weighted by Crippen LogP contribution is -2.45. The second kappa shape index (κ2) is 14.9. The number of carboxylic acid groups (broad SMARTS) is 1. The van der Waals surface area contributed by atoms with Crippen LogP contribution in [0.5, 0.6) is 5.75 Å². The lowest BCUT2D eigenvalue weighted by atomic mass is 9.91. The first-order chi connectivity index (χ1) is 23.8. The fraction of sp³-hybridized carbons (Fsp3) is 0.390. The summed E-state index contributed by atoms with van der Waals surface area (Å²) in [6, 6.07) is 17.7. The molecule has 0 saturated carbocycles. The third kappa shape index (κ3) is 8.10. The summed E-state index contributed by atoms with van der Waals surface area (Å²) < 4.78 is 20.5. The van der Waals surface area contributed by atoms with E-state index in [1.54, 1.807) is 12.1 Å². The van der Waals surface area contributed by atoms with Crippen molar-refractivity contribution < 1.29 is 24.1 Å². The highest BCUT2D eigenvalue weighted by Crippen LogP contribution is 2.42. The van der Waals surface area contributed by atoms with Crippen molar-refractivity contribution in [1.29, 1.82) is 5.26 Å². The molecule has 0 spiro atoms. The third-order valence-corrected chi connectivity index (χ3v) is 9.02. The molecule has 1 aliphatic rings. The van der Waals surface area contributed by atoms with Crippen LogP contribution in [0.3, 0.4) is 0 Å². The summed E-state index contributed by atoms with van der Waals surface area (Å²) in [5, 5.41) is 25.2. The topological polar surface area (TPSA) is 109 Å². The number of rotatable bonds is 13. The molecule has 1 fully saturated rings. The molecule has 1 aliphatic heterocycles. The normalized spacial score (nSPS) is 15.7. The molecule has 0 radical (unpaired) electrons. The third-order valence-electron chi connectivity index (χ3n) is 9.02. The Balaban J connectivity index is 1.64. The molecule has 3 heterocycles. The van der Waals surface area contributed by atoms with Gasteiger partial charge in [0.25, 0.3) is 0 Å². The molecule has 262 valence electrons. The van der Waals surface area contributed by atoms with E-state index in [0.29, 0.717) is 43.0 Å². The number of carboxylic acids is 1. The van der Waals surface area contributed by atoms with E-state index in [1.165, 1.54) is 0 Å². The smallest absolute Gasteiger partial charge is 0.337 e. The van der Waals surface area contributed by atoms with Gasteiger partial charge in [-0.1, -0.05) is 30.4 Å². The second-order valence-corrected chi connectivity index (χ2v) is 14.3. The van der Waals surface area contributed by atoms with Gasteiger partial charge in [-0.2, -0.15) is 10.4 Å². The molecule has 9 nitrogen and oxygen atoms in total. The maximum absolute atomic E-state index is 12.9. The van der Waals surface area contributed by atoms with Crippen LogP contribution in [0, 0.1) is 18.3 Å². The SMILES string of the molecule is C=CCOC1(C)CCN(c2c(C(OC(C)(C)C)C(=O)O)c(C)cn3nc(-c4cccc(-c5cc(C#N)ccc5OC(C)CC=C)c4)cc23)CC1. The molecule has 0 bridgehead atoms. The van der Waals surface area contributed by atoms with Gasteiger partial charge in [0.15, 0.2) is 6.10 Å². The zero-order valence-electron chi connectivity index (χ0n) is 30.0. The van der Waals surface area contributed by atoms with Crippen molar-refractivity contribution >= 4 is 17.2 Å².